The van der Waals surface area contributed by atoms with Gasteiger partial charge in [0, 0.05) is 25.7 Å². The van der Waals surface area contributed by atoms with Crippen LogP contribution >= 0.6 is 0 Å². The molecule has 0 spiro atoms. The quantitative estimate of drug-likeness (QED) is 0.928. The van der Waals surface area contributed by atoms with E-state index in [4.69, 9.17) is 4.74 Å². The van der Waals surface area contributed by atoms with Gasteiger partial charge in [-0.15, -0.1) is 0 Å². The summed E-state index contributed by atoms with van der Waals surface area (Å²) in [5.41, 5.74) is 1.13. The number of carbonyl (C=O) groups is 1. The second kappa shape index (κ2) is 6.48. The van der Waals surface area contributed by atoms with Crippen molar-refractivity contribution in [1.29, 1.82) is 0 Å². The highest BCUT2D eigenvalue weighted by atomic mass is 16.5. The van der Waals surface area contributed by atoms with Gasteiger partial charge in [0.1, 0.15) is 5.75 Å². The lowest BCUT2D eigenvalue weighted by molar-refractivity contribution is -0.134. The topological polar surface area (TPSA) is 41.6 Å². The lowest BCUT2D eigenvalue weighted by Crippen LogP contribution is -2.52. The summed E-state index contributed by atoms with van der Waals surface area (Å²) in [4.78, 5) is 14.1. The van der Waals surface area contributed by atoms with Crippen LogP contribution in [0.4, 0.5) is 0 Å². The molecular weight excluding hydrogens is 264 g/mol. The molecule has 21 heavy (non-hydrogen) atoms. The molecule has 4 heteroatoms. The second-order valence-electron chi connectivity index (χ2n) is 6.73. The van der Waals surface area contributed by atoms with E-state index in [0.29, 0.717) is 6.04 Å². The third-order valence-corrected chi connectivity index (χ3v) is 3.77. The molecule has 1 unspecified atom stereocenters. The van der Waals surface area contributed by atoms with Gasteiger partial charge in [0.25, 0.3) is 5.91 Å². The van der Waals surface area contributed by atoms with Crippen molar-refractivity contribution < 1.29 is 9.53 Å². The molecule has 0 aromatic heterocycles. The Bertz CT molecular complexity index is 494. The zero-order valence-electron chi connectivity index (χ0n) is 13.5. The average Bonchev–Trinajstić information content (AvgIpc) is 2.44. The largest absolute Gasteiger partial charge is 0.483 e. The summed E-state index contributed by atoms with van der Waals surface area (Å²) in [6.07, 6.45) is 0. The highest BCUT2D eigenvalue weighted by Crippen LogP contribution is 2.30. The van der Waals surface area contributed by atoms with Crippen molar-refractivity contribution in [2.75, 3.05) is 26.2 Å². The first-order valence-electron chi connectivity index (χ1n) is 7.61. The predicted octanol–water partition coefficient (Wildman–Crippen LogP) is 2.18. The number of nitrogens with one attached hydrogen (secondary N) is 1. The van der Waals surface area contributed by atoms with E-state index < -0.39 is 0 Å². The van der Waals surface area contributed by atoms with Gasteiger partial charge in [0.15, 0.2) is 6.61 Å². The molecule has 1 fully saturated rings. The molecule has 1 saturated heterocycles. The minimum absolute atomic E-state index is 0.00317. The van der Waals surface area contributed by atoms with E-state index in [0.717, 1.165) is 30.9 Å². The van der Waals surface area contributed by atoms with E-state index >= 15 is 0 Å². The number of piperazine rings is 1. The fraction of sp³-hybridized carbons (Fsp3) is 0.588. The van der Waals surface area contributed by atoms with E-state index in [9.17, 15) is 4.79 Å². The van der Waals surface area contributed by atoms with E-state index in [-0.39, 0.29) is 17.9 Å². The van der Waals surface area contributed by atoms with Crippen LogP contribution in [0, 0.1) is 0 Å². The van der Waals surface area contributed by atoms with Crippen LogP contribution in [-0.2, 0) is 10.2 Å². The summed E-state index contributed by atoms with van der Waals surface area (Å²) in [6, 6.07) is 8.31. The fourth-order valence-corrected chi connectivity index (χ4v) is 2.60. The lowest BCUT2D eigenvalue weighted by atomic mass is 9.86. The number of benzene rings is 1. The summed E-state index contributed by atoms with van der Waals surface area (Å²) in [5.74, 6) is 0.869. The molecule has 1 amide bonds. The first kappa shape index (κ1) is 15.8. The first-order valence-corrected chi connectivity index (χ1v) is 7.61. The molecule has 0 radical (unpaired) electrons. The second-order valence-corrected chi connectivity index (χ2v) is 6.73. The van der Waals surface area contributed by atoms with Gasteiger partial charge >= 0.3 is 0 Å². The van der Waals surface area contributed by atoms with Crippen LogP contribution in [-0.4, -0.2) is 43.1 Å². The Morgan fingerprint density at radius 2 is 2.10 bits per heavy atom. The number of amides is 1. The first-order chi connectivity index (χ1) is 9.88. The third kappa shape index (κ3) is 4.21. The van der Waals surface area contributed by atoms with Gasteiger partial charge in [-0.1, -0.05) is 39.0 Å². The summed E-state index contributed by atoms with van der Waals surface area (Å²) in [7, 11) is 0. The maximum absolute atomic E-state index is 12.3. The molecule has 2 rings (SSSR count). The lowest BCUT2D eigenvalue weighted by Gasteiger charge is -2.32. The van der Waals surface area contributed by atoms with E-state index in [2.05, 4.69) is 39.1 Å². The zero-order chi connectivity index (χ0) is 15.5. The molecule has 1 aliphatic heterocycles. The molecule has 116 valence electrons. The number of carbonyl (C=O) groups excluding carboxylic acids is 1. The minimum atomic E-state index is 0.00317. The molecule has 4 nitrogen and oxygen atoms in total. The van der Waals surface area contributed by atoms with Gasteiger partial charge in [0.2, 0.25) is 0 Å². The van der Waals surface area contributed by atoms with Crippen LogP contribution in [0.25, 0.3) is 0 Å². The van der Waals surface area contributed by atoms with E-state index in [1.54, 1.807) is 0 Å². The van der Waals surface area contributed by atoms with Crippen LogP contribution in [0.2, 0.25) is 0 Å². The SMILES string of the molecule is CC1CN(C(=O)COc2ccccc2C(C)(C)C)CCN1. The molecule has 0 bridgehead atoms. The van der Waals surface area contributed by atoms with Crippen molar-refractivity contribution in [3.8, 4) is 5.75 Å². The van der Waals surface area contributed by atoms with Crippen LogP contribution in [0.15, 0.2) is 24.3 Å². The number of rotatable bonds is 3. The normalized spacial score (nSPS) is 19.4. The van der Waals surface area contributed by atoms with Crippen LogP contribution in [0.3, 0.4) is 0 Å². The molecule has 0 saturated carbocycles. The molecular formula is C17H26N2O2. The van der Waals surface area contributed by atoms with E-state index in [1.165, 1.54) is 0 Å². The van der Waals surface area contributed by atoms with E-state index in [1.807, 2.05) is 23.1 Å². The van der Waals surface area contributed by atoms with Crippen molar-refractivity contribution >= 4 is 5.91 Å². The molecule has 1 aromatic carbocycles. The molecule has 0 aliphatic carbocycles. The van der Waals surface area contributed by atoms with Crippen molar-refractivity contribution in [3.05, 3.63) is 29.8 Å². The standard InChI is InChI=1S/C17H26N2O2/c1-13-11-19(10-9-18-13)16(20)12-21-15-8-6-5-7-14(15)17(2,3)4/h5-8,13,18H,9-12H2,1-4H3. The van der Waals surface area contributed by atoms with Gasteiger partial charge in [-0.05, 0) is 24.0 Å². The number of para-hydroxylation sites is 1. The maximum atomic E-state index is 12.3. The molecule has 1 atom stereocenters. The average molecular weight is 290 g/mol. The Kier molecular flexibility index (Phi) is 4.88. The number of ether oxygens (including phenoxy) is 1. The van der Waals surface area contributed by atoms with Crippen molar-refractivity contribution in [1.82, 2.24) is 10.2 Å². The number of nitrogens with zero attached hydrogens (tertiary/aromatic N) is 1. The van der Waals surface area contributed by atoms with Gasteiger partial charge in [-0.3, -0.25) is 4.79 Å². The monoisotopic (exact) mass is 290 g/mol. The highest BCUT2D eigenvalue weighted by molar-refractivity contribution is 5.78. The summed E-state index contributed by atoms with van der Waals surface area (Å²) >= 11 is 0. The zero-order valence-corrected chi connectivity index (χ0v) is 13.5. The summed E-state index contributed by atoms with van der Waals surface area (Å²) in [5, 5.41) is 3.33. The van der Waals surface area contributed by atoms with Gasteiger partial charge in [-0.25, -0.2) is 0 Å². The van der Waals surface area contributed by atoms with Crippen molar-refractivity contribution in [2.24, 2.45) is 0 Å². The molecule has 1 aliphatic rings. The minimum Gasteiger partial charge on any atom is -0.483 e. The maximum Gasteiger partial charge on any atom is 0.260 e. The van der Waals surface area contributed by atoms with Crippen LogP contribution in [0.1, 0.15) is 33.3 Å². The fourth-order valence-electron chi connectivity index (χ4n) is 2.60. The Morgan fingerprint density at radius 1 is 1.38 bits per heavy atom. The van der Waals surface area contributed by atoms with Crippen molar-refractivity contribution in [3.63, 3.8) is 0 Å². The molecule has 1 heterocycles. The Morgan fingerprint density at radius 3 is 2.76 bits per heavy atom. The van der Waals surface area contributed by atoms with Gasteiger partial charge < -0.3 is 15.0 Å². The third-order valence-electron chi connectivity index (χ3n) is 3.77. The number of hydrogen-bond donors (Lipinski definition) is 1. The summed E-state index contributed by atoms with van der Waals surface area (Å²) in [6.45, 7) is 11.0. The molecule has 1 N–H and O–H groups in total. The highest BCUT2D eigenvalue weighted by Gasteiger charge is 2.22. The number of hydrogen-bond acceptors (Lipinski definition) is 3. The molecule has 1 aromatic rings. The van der Waals surface area contributed by atoms with Gasteiger partial charge in [-0.2, -0.15) is 0 Å². The smallest absolute Gasteiger partial charge is 0.260 e. The van der Waals surface area contributed by atoms with Crippen LogP contribution < -0.4 is 10.1 Å². The summed E-state index contributed by atoms with van der Waals surface area (Å²) < 4.78 is 5.80. The Balaban J connectivity index is 1.98. The predicted molar refractivity (Wildman–Crippen MR) is 84.7 cm³/mol. The van der Waals surface area contributed by atoms with Crippen LogP contribution in [0.5, 0.6) is 5.75 Å². The Labute approximate surface area is 127 Å². The van der Waals surface area contributed by atoms with Gasteiger partial charge in [0.05, 0.1) is 0 Å². The Hall–Kier alpha value is -1.55. The van der Waals surface area contributed by atoms with Crippen molar-refractivity contribution in [2.45, 2.75) is 39.2 Å².